The smallest absolute Gasteiger partial charge is 0.0302 e. The van der Waals surface area contributed by atoms with E-state index in [1.54, 1.807) is 0 Å². The van der Waals surface area contributed by atoms with Gasteiger partial charge in [0.15, 0.2) is 0 Å². The lowest BCUT2D eigenvalue weighted by Crippen LogP contribution is -1.86. The van der Waals surface area contributed by atoms with Crippen LogP contribution >= 0.6 is 22.7 Å². The summed E-state index contributed by atoms with van der Waals surface area (Å²) in [6.07, 6.45) is 17.9. The molecular formula is C22H32S2. The first-order valence-corrected chi connectivity index (χ1v) is 11.4. The Morgan fingerprint density at radius 3 is 1.54 bits per heavy atom. The largest absolute Gasteiger partial charge is 0.144 e. The third-order valence-corrected chi connectivity index (χ3v) is 6.40. The number of unbranched alkanes of at least 4 members (excludes halogenated alkanes) is 6. The van der Waals surface area contributed by atoms with Gasteiger partial charge in [-0.05, 0) is 71.9 Å². The van der Waals surface area contributed by atoms with Crippen molar-refractivity contribution in [1.29, 1.82) is 0 Å². The second-order valence-corrected chi connectivity index (χ2v) is 8.47. The average Bonchev–Trinajstić information content (AvgIpc) is 3.22. The molecule has 2 heterocycles. The van der Waals surface area contributed by atoms with Gasteiger partial charge in [0.2, 0.25) is 0 Å². The molecule has 0 fully saturated rings. The van der Waals surface area contributed by atoms with Crippen LogP contribution < -0.4 is 0 Å². The summed E-state index contributed by atoms with van der Waals surface area (Å²) in [5.41, 5.74) is 3.07. The van der Waals surface area contributed by atoms with E-state index < -0.39 is 0 Å². The number of hydrogen-bond acceptors (Lipinski definition) is 2. The summed E-state index contributed by atoms with van der Waals surface area (Å²) in [4.78, 5) is 2.91. The van der Waals surface area contributed by atoms with Gasteiger partial charge in [-0.1, -0.05) is 52.4 Å². The topological polar surface area (TPSA) is 0 Å². The normalized spacial score (nSPS) is 11.6. The first kappa shape index (κ1) is 19.5. The molecule has 2 heteroatoms. The van der Waals surface area contributed by atoms with Crippen LogP contribution in [0.15, 0.2) is 22.9 Å². The molecule has 0 saturated heterocycles. The van der Waals surface area contributed by atoms with Gasteiger partial charge in [0.25, 0.3) is 0 Å². The van der Waals surface area contributed by atoms with E-state index in [1.165, 1.54) is 85.1 Å². The van der Waals surface area contributed by atoms with Crippen molar-refractivity contribution in [3.05, 3.63) is 43.8 Å². The highest BCUT2D eigenvalue weighted by Gasteiger charge is 2.04. The van der Waals surface area contributed by atoms with E-state index >= 15 is 0 Å². The number of rotatable bonds is 12. The minimum Gasteiger partial charge on any atom is -0.144 e. The second kappa shape index (κ2) is 11.7. The van der Waals surface area contributed by atoms with E-state index in [0.29, 0.717) is 0 Å². The Hall–Kier alpha value is -0.860. The van der Waals surface area contributed by atoms with Crippen LogP contribution in [0.3, 0.4) is 0 Å². The monoisotopic (exact) mass is 360 g/mol. The molecule has 0 aliphatic carbocycles. The van der Waals surface area contributed by atoms with Crippen molar-refractivity contribution in [3.8, 4) is 0 Å². The molecule has 0 aromatic carbocycles. The molecule has 0 bridgehead atoms. The van der Waals surface area contributed by atoms with Gasteiger partial charge in [-0.25, -0.2) is 0 Å². The molecule has 2 aromatic rings. The zero-order chi connectivity index (χ0) is 17.0. The molecule has 24 heavy (non-hydrogen) atoms. The second-order valence-electron chi connectivity index (χ2n) is 6.57. The molecule has 0 aliphatic heterocycles. The van der Waals surface area contributed by atoms with Crippen molar-refractivity contribution in [2.75, 3.05) is 0 Å². The van der Waals surface area contributed by atoms with Crippen LogP contribution in [0.2, 0.25) is 0 Å². The van der Waals surface area contributed by atoms with E-state index in [-0.39, 0.29) is 0 Å². The third-order valence-electron chi connectivity index (χ3n) is 4.55. The molecule has 2 aromatic heterocycles. The first-order valence-electron chi connectivity index (χ1n) is 9.66. The van der Waals surface area contributed by atoms with Gasteiger partial charge in [0.05, 0.1) is 0 Å². The Labute approximate surface area is 156 Å². The molecule has 0 N–H and O–H groups in total. The van der Waals surface area contributed by atoms with Crippen molar-refractivity contribution in [2.24, 2.45) is 0 Å². The molecule has 0 spiro atoms. The minimum atomic E-state index is 1.23. The summed E-state index contributed by atoms with van der Waals surface area (Å²) in [6, 6.07) is 4.63. The zero-order valence-electron chi connectivity index (χ0n) is 15.4. The van der Waals surface area contributed by atoms with Gasteiger partial charge in [0, 0.05) is 9.75 Å². The molecule has 0 aliphatic rings. The van der Waals surface area contributed by atoms with Crippen molar-refractivity contribution in [2.45, 2.75) is 78.1 Å². The standard InChI is InChI=1S/C22H32S2/c1-3-5-7-9-11-19-15-17-23-21(19)13-14-22-20(16-18-24-22)12-10-8-6-4-2/h13-18H,3-12H2,1-2H3. The Balaban J connectivity index is 1.89. The summed E-state index contributed by atoms with van der Waals surface area (Å²) in [5, 5.41) is 4.49. The quantitative estimate of drug-likeness (QED) is 0.334. The maximum atomic E-state index is 2.35. The third kappa shape index (κ3) is 6.57. The molecule has 0 saturated carbocycles. The van der Waals surface area contributed by atoms with E-state index in [1.807, 2.05) is 22.7 Å². The molecule has 0 atom stereocenters. The maximum Gasteiger partial charge on any atom is 0.0302 e. The summed E-state index contributed by atoms with van der Waals surface area (Å²) in [5.74, 6) is 0. The van der Waals surface area contributed by atoms with Gasteiger partial charge in [0.1, 0.15) is 0 Å². The lowest BCUT2D eigenvalue weighted by molar-refractivity contribution is 0.667. The van der Waals surface area contributed by atoms with Crippen molar-refractivity contribution < 1.29 is 0 Å². The Morgan fingerprint density at radius 1 is 0.667 bits per heavy atom. The van der Waals surface area contributed by atoms with Crippen LogP contribution in [0, 0.1) is 0 Å². The molecule has 2 rings (SSSR count). The van der Waals surface area contributed by atoms with Crippen LogP contribution in [-0.4, -0.2) is 0 Å². The van der Waals surface area contributed by atoms with Gasteiger partial charge in [-0.15, -0.1) is 22.7 Å². The molecule has 0 nitrogen and oxygen atoms in total. The summed E-state index contributed by atoms with van der Waals surface area (Å²) in [7, 11) is 0. The first-order chi connectivity index (χ1) is 11.8. The van der Waals surface area contributed by atoms with E-state index in [4.69, 9.17) is 0 Å². The van der Waals surface area contributed by atoms with Crippen LogP contribution in [0.5, 0.6) is 0 Å². The Kier molecular flexibility index (Phi) is 9.45. The number of thiophene rings is 2. The van der Waals surface area contributed by atoms with E-state index in [9.17, 15) is 0 Å². The van der Waals surface area contributed by atoms with Gasteiger partial charge >= 0.3 is 0 Å². The lowest BCUT2D eigenvalue weighted by atomic mass is 10.1. The van der Waals surface area contributed by atoms with Crippen molar-refractivity contribution in [3.63, 3.8) is 0 Å². The zero-order valence-corrected chi connectivity index (χ0v) is 17.0. The van der Waals surface area contributed by atoms with Crippen LogP contribution in [0.1, 0.15) is 86.1 Å². The molecular weight excluding hydrogens is 328 g/mol. The fourth-order valence-electron chi connectivity index (χ4n) is 3.04. The summed E-state index contributed by atoms with van der Waals surface area (Å²) >= 11 is 3.77. The average molecular weight is 361 g/mol. The summed E-state index contributed by atoms with van der Waals surface area (Å²) < 4.78 is 0. The number of aryl methyl sites for hydroxylation is 2. The van der Waals surface area contributed by atoms with Gasteiger partial charge in [-0.3, -0.25) is 0 Å². The highest BCUT2D eigenvalue weighted by atomic mass is 32.1. The Morgan fingerprint density at radius 2 is 1.12 bits per heavy atom. The summed E-state index contributed by atoms with van der Waals surface area (Å²) in [6.45, 7) is 4.55. The Bertz CT molecular complexity index is 536. The number of hydrogen-bond donors (Lipinski definition) is 0. The van der Waals surface area contributed by atoms with Gasteiger partial charge < -0.3 is 0 Å². The van der Waals surface area contributed by atoms with Crippen LogP contribution in [0.25, 0.3) is 12.2 Å². The molecule has 0 unspecified atom stereocenters. The van der Waals surface area contributed by atoms with Crippen LogP contribution in [0.4, 0.5) is 0 Å². The molecule has 0 radical (unpaired) electrons. The van der Waals surface area contributed by atoms with Gasteiger partial charge in [-0.2, -0.15) is 0 Å². The lowest BCUT2D eigenvalue weighted by Gasteiger charge is -2.02. The molecule has 0 amide bonds. The van der Waals surface area contributed by atoms with E-state index in [0.717, 1.165) is 0 Å². The predicted octanol–water partition coefficient (Wildman–Crippen LogP) is 8.23. The minimum absolute atomic E-state index is 1.23. The fourth-order valence-corrected chi connectivity index (χ4v) is 4.73. The highest BCUT2D eigenvalue weighted by Crippen LogP contribution is 2.26. The van der Waals surface area contributed by atoms with Crippen molar-refractivity contribution >= 4 is 34.8 Å². The molecule has 132 valence electrons. The van der Waals surface area contributed by atoms with E-state index in [2.05, 4.69) is 48.9 Å². The van der Waals surface area contributed by atoms with Crippen molar-refractivity contribution in [1.82, 2.24) is 0 Å². The SMILES string of the molecule is CCCCCCc1ccsc1C=Cc1sccc1CCCCCC. The van der Waals surface area contributed by atoms with Crippen LogP contribution in [-0.2, 0) is 12.8 Å². The maximum absolute atomic E-state index is 2.35. The predicted molar refractivity (Wildman–Crippen MR) is 113 cm³/mol. The highest BCUT2D eigenvalue weighted by molar-refractivity contribution is 7.12. The fraction of sp³-hybridized carbons (Fsp3) is 0.545.